The molecule has 2 aliphatic rings. The Labute approximate surface area is 182 Å². The average Bonchev–Trinajstić information content (AvgIpc) is 3.34. The molecular formula is C23H19N3O4S. The van der Waals surface area contributed by atoms with Crippen molar-refractivity contribution in [3.05, 3.63) is 64.0 Å². The highest BCUT2D eigenvalue weighted by Crippen LogP contribution is 2.37. The third-order valence-electron chi connectivity index (χ3n) is 5.37. The minimum absolute atomic E-state index is 0.146. The molecule has 0 aliphatic carbocycles. The quantitative estimate of drug-likeness (QED) is 0.573. The number of ether oxygens (including phenoxy) is 1. The number of carbonyl (C=O) groups excluding carboxylic acids is 3. The molecule has 0 unspecified atom stereocenters. The molecule has 2 aliphatic heterocycles. The van der Waals surface area contributed by atoms with E-state index in [0.29, 0.717) is 22.6 Å². The molecule has 0 N–H and O–H groups in total. The van der Waals surface area contributed by atoms with Crippen molar-refractivity contribution in [1.29, 1.82) is 0 Å². The molecule has 0 saturated carbocycles. The highest BCUT2D eigenvalue weighted by atomic mass is 32.1. The van der Waals surface area contributed by atoms with Gasteiger partial charge in [-0.05, 0) is 43.2 Å². The second-order valence-electron chi connectivity index (χ2n) is 7.39. The van der Waals surface area contributed by atoms with Crippen LogP contribution in [0.4, 0.5) is 5.69 Å². The molecule has 156 valence electrons. The zero-order chi connectivity index (χ0) is 21.5. The van der Waals surface area contributed by atoms with Gasteiger partial charge in [-0.3, -0.25) is 24.2 Å². The van der Waals surface area contributed by atoms with Gasteiger partial charge in [0.15, 0.2) is 6.61 Å². The highest BCUT2D eigenvalue weighted by Gasteiger charge is 2.38. The van der Waals surface area contributed by atoms with Crippen molar-refractivity contribution in [2.24, 2.45) is 0 Å². The van der Waals surface area contributed by atoms with Crippen LogP contribution in [0, 0.1) is 0 Å². The van der Waals surface area contributed by atoms with E-state index in [1.165, 1.54) is 4.90 Å². The molecule has 0 saturated heterocycles. The maximum atomic E-state index is 12.8. The molecule has 31 heavy (non-hydrogen) atoms. The van der Waals surface area contributed by atoms with E-state index in [9.17, 15) is 14.4 Å². The minimum atomic E-state index is -0.402. The van der Waals surface area contributed by atoms with Crippen molar-refractivity contribution in [1.82, 2.24) is 9.88 Å². The lowest BCUT2D eigenvalue weighted by Gasteiger charge is -2.32. The summed E-state index contributed by atoms with van der Waals surface area (Å²) in [6, 6.07) is 12.2. The Balaban J connectivity index is 1.48. The third kappa shape index (κ3) is 3.29. The van der Waals surface area contributed by atoms with Gasteiger partial charge in [0.05, 0.1) is 27.5 Å². The molecule has 5 rings (SSSR count). The van der Waals surface area contributed by atoms with E-state index < -0.39 is 11.8 Å². The van der Waals surface area contributed by atoms with Crippen LogP contribution in [0.3, 0.4) is 0 Å². The van der Waals surface area contributed by atoms with Gasteiger partial charge >= 0.3 is 0 Å². The fraction of sp³-hybridized carbons (Fsp3) is 0.217. The van der Waals surface area contributed by atoms with Gasteiger partial charge in [0.2, 0.25) is 0 Å². The van der Waals surface area contributed by atoms with Gasteiger partial charge in [-0.2, -0.15) is 0 Å². The summed E-state index contributed by atoms with van der Waals surface area (Å²) < 4.78 is 5.58. The lowest BCUT2D eigenvalue weighted by Crippen LogP contribution is -2.47. The molecule has 8 heteroatoms. The maximum Gasteiger partial charge on any atom is 0.266 e. The highest BCUT2D eigenvalue weighted by molar-refractivity contribution is 7.09. The molecule has 7 nitrogen and oxygen atoms in total. The lowest BCUT2D eigenvalue weighted by molar-refractivity contribution is -0.121. The Morgan fingerprint density at radius 3 is 2.48 bits per heavy atom. The van der Waals surface area contributed by atoms with Crippen LogP contribution in [0.5, 0.6) is 5.75 Å². The number of carbonyl (C=O) groups is 3. The van der Waals surface area contributed by atoms with Crippen molar-refractivity contribution in [2.45, 2.75) is 19.8 Å². The van der Waals surface area contributed by atoms with Gasteiger partial charge in [0.25, 0.3) is 17.7 Å². The van der Waals surface area contributed by atoms with Gasteiger partial charge in [-0.25, -0.2) is 4.98 Å². The normalized spacial score (nSPS) is 15.2. The van der Waals surface area contributed by atoms with Crippen LogP contribution in [0.25, 0.3) is 11.3 Å². The first-order valence-electron chi connectivity index (χ1n) is 10.0. The zero-order valence-corrected chi connectivity index (χ0v) is 17.6. The Hall–Kier alpha value is -3.52. The number of rotatable bonds is 5. The minimum Gasteiger partial charge on any atom is -0.482 e. The van der Waals surface area contributed by atoms with Crippen LogP contribution in [0.1, 0.15) is 39.1 Å². The van der Waals surface area contributed by atoms with E-state index in [2.05, 4.69) is 11.9 Å². The number of nitrogens with zero attached hydrogens (tertiary/aromatic N) is 3. The number of aryl methyl sites for hydroxylation is 1. The number of hydrogen-bond acceptors (Lipinski definition) is 6. The van der Waals surface area contributed by atoms with Gasteiger partial charge in [-0.15, -0.1) is 11.3 Å². The van der Waals surface area contributed by atoms with Crippen LogP contribution in [0.2, 0.25) is 0 Å². The summed E-state index contributed by atoms with van der Waals surface area (Å²) in [7, 11) is 0. The van der Waals surface area contributed by atoms with E-state index in [1.807, 2.05) is 17.5 Å². The Kier molecular flexibility index (Phi) is 4.78. The van der Waals surface area contributed by atoms with Gasteiger partial charge in [-0.1, -0.05) is 19.1 Å². The molecule has 3 amide bonds. The second-order valence-corrected chi connectivity index (χ2v) is 8.34. The van der Waals surface area contributed by atoms with E-state index in [0.717, 1.165) is 34.0 Å². The van der Waals surface area contributed by atoms with Crippen molar-refractivity contribution in [3.8, 4) is 17.0 Å². The number of aromatic nitrogens is 1. The number of amides is 3. The monoisotopic (exact) mass is 433 g/mol. The van der Waals surface area contributed by atoms with Crippen molar-refractivity contribution < 1.29 is 19.1 Å². The molecule has 2 aromatic carbocycles. The van der Waals surface area contributed by atoms with Crippen molar-refractivity contribution in [2.75, 3.05) is 18.2 Å². The fourth-order valence-corrected chi connectivity index (χ4v) is 4.71. The SMILES string of the molecule is CCCc1nc(-c2ccc3c(c2)N(CN2C(=O)c4ccccc4C2=O)C(=O)CO3)cs1. The van der Waals surface area contributed by atoms with E-state index >= 15 is 0 Å². The summed E-state index contributed by atoms with van der Waals surface area (Å²) >= 11 is 1.61. The number of thiazole rings is 1. The second kappa shape index (κ2) is 7.63. The summed E-state index contributed by atoms with van der Waals surface area (Å²) in [5.41, 5.74) is 2.91. The first-order chi connectivity index (χ1) is 15.1. The standard InChI is InChI=1S/C23H19N3O4S/c1-2-5-20-24-17(12-31-20)14-8-9-19-18(10-14)25(21(27)11-30-19)13-26-22(28)15-6-3-4-7-16(15)23(26)29/h3-4,6-10,12H,2,5,11,13H2,1H3. The predicted octanol–water partition coefficient (Wildman–Crippen LogP) is 3.74. The molecule has 0 bridgehead atoms. The lowest BCUT2D eigenvalue weighted by atomic mass is 10.1. The van der Waals surface area contributed by atoms with Crippen molar-refractivity contribution in [3.63, 3.8) is 0 Å². The number of fused-ring (bicyclic) bond motifs is 2. The number of benzene rings is 2. The fourth-order valence-electron chi connectivity index (χ4n) is 3.80. The summed E-state index contributed by atoms with van der Waals surface area (Å²) in [4.78, 5) is 45.5. The smallest absolute Gasteiger partial charge is 0.266 e. The molecule has 0 spiro atoms. The first-order valence-corrected chi connectivity index (χ1v) is 10.9. The van der Waals surface area contributed by atoms with Crippen LogP contribution in [-0.4, -0.2) is 40.9 Å². The largest absolute Gasteiger partial charge is 0.482 e. The number of hydrogen-bond donors (Lipinski definition) is 0. The zero-order valence-electron chi connectivity index (χ0n) is 16.8. The third-order valence-corrected chi connectivity index (χ3v) is 6.28. The Morgan fingerprint density at radius 1 is 1.03 bits per heavy atom. The van der Waals surface area contributed by atoms with Crippen LogP contribution in [-0.2, 0) is 11.2 Å². The van der Waals surface area contributed by atoms with Gasteiger partial charge in [0.1, 0.15) is 12.4 Å². The molecule has 3 aromatic rings. The summed E-state index contributed by atoms with van der Waals surface area (Å²) in [5, 5.41) is 3.05. The molecule has 3 heterocycles. The number of anilines is 1. The van der Waals surface area contributed by atoms with E-state index in [4.69, 9.17) is 4.74 Å². The maximum absolute atomic E-state index is 12.8. The molecule has 0 radical (unpaired) electrons. The molecule has 1 aromatic heterocycles. The Morgan fingerprint density at radius 2 is 1.77 bits per heavy atom. The van der Waals surface area contributed by atoms with Gasteiger partial charge in [0, 0.05) is 10.9 Å². The van der Waals surface area contributed by atoms with E-state index in [1.54, 1.807) is 41.7 Å². The number of imide groups is 1. The molecule has 0 fully saturated rings. The van der Waals surface area contributed by atoms with E-state index in [-0.39, 0.29) is 19.2 Å². The summed E-state index contributed by atoms with van der Waals surface area (Å²) in [6.45, 7) is 1.80. The average molecular weight is 433 g/mol. The predicted molar refractivity (Wildman–Crippen MR) is 116 cm³/mol. The van der Waals surface area contributed by atoms with Crippen molar-refractivity contribution >= 4 is 34.7 Å². The first kappa shape index (κ1) is 19.4. The molecular weight excluding hydrogens is 414 g/mol. The Bertz CT molecular complexity index is 1180. The topological polar surface area (TPSA) is 79.8 Å². The summed E-state index contributed by atoms with van der Waals surface area (Å²) in [6.07, 6.45) is 1.94. The van der Waals surface area contributed by atoms with Crippen LogP contribution in [0.15, 0.2) is 47.8 Å². The van der Waals surface area contributed by atoms with Crippen LogP contribution < -0.4 is 9.64 Å². The summed E-state index contributed by atoms with van der Waals surface area (Å²) in [5.74, 6) is -0.585. The molecule has 0 atom stereocenters. The van der Waals surface area contributed by atoms with Crippen LogP contribution >= 0.6 is 11.3 Å². The van der Waals surface area contributed by atoms with Gasteiger partial charge < -0.3 is 4.74 Å².